The molecule has 0 radical (unpaired) electrons. The molecule has 1 aromatic carbocycles. The van der Waals surface area contributed by atoms with Crippen LogP contribution in [0, 0.1) is 24.4 Å². The number of halogens is 3. The molecule has 2 nitrogen and oxygen atoms in total. The van der Waals surface area contributed by atoms with Gasteiger partial charge in [-0.25, -0.2) is 18.2 Å². The van der Waals surface area contributed by atoms with E-state index in [-0.39, 0.29) is 16.6 Å². The Hall–Kier alpha value is -1.52. The fourth-order valence-corrected chi connectivity index (χ4v) is 1.39. The van der Waals surface area contributed by atoms with E-state index in [1.54, 1.807) is 0 Å². The quantitative estimate of drug-likeness (QED) is 0.596. The number of aromatic nitrogens is 2. The molecule has 5 heteroatoms. The second kappa shape index (κ2) is 2.73. The second-order valence-electron chi connectivity index (χ2n) is 3.12. The Bertz CT molecular complexity index is 516. The zero-order valence-electron chi connectivity index (χ0n) is 7.61. The lowest BCUT2D eigenvalue weighted by molar-refractivity contribution is 0.494. The van der Waals surface area contributed by atoms with Gasteiger partial charge in [-0.05, 0) is 6.92 Å². The zero-order chi connectivity index (χ0) is 10.5. The molecule has 0 amide bonds. The third kappa shape index (κ3) is 0.950. The van der Waals surface area contributed by atoms with Gasteiger partial charge in [0.1, 0.15) is 11.0 Å². The molecule has 14 heavy (non-hydrogen) atoms. The average Bonchev–Trinajstić information content (AvgIpc) is 2.54. The van der Waals surface area contributed by atoms with Crippen molar-refractivity contribution in [2.45, 2.75) is 6.92 Å². The first-order valence-corrected chi connectivity index (χ1v) is 3.98. The number of benzene rings is 1. The van der Waals surface area contributed by atoms with Gasteiger partial charge in [0.05, 0.1) is 6.33 Å². The smallest absolute Gasteiger partial charge is 0.185 e. The highest BCUT2D eigenvalue weighted by molar-refractivity contribution is 5.77. The Morgan fingerprint density at radius 3 is 2.43 bits per heavy atom. The number of imidazole rings is 1. The lowest BCUT2D eigenvalue weighted by Crippen LogP contribution is -1.98. The number of rotatable bonds is 0. The fourth-order valence-electron chi connectivity index (χ4n) is 1.39. The van der Waals surface area contributed by atoms with E-state index in [1.165, 1.54) is 24.9 Å². The van der Waals surface area contributed by atoms with E-state index in [0.717, 1.165) is 0 Å². The van der Waals surface area contributed by atoms with Crippen molar-refractivity contribution in [2.24, 2.45) is 7.05 Å². The first kappa shape index (κ1) is 9.05. The Morgan fingerprint density at radius 2 is 1.79 bits per heavy atom. The molecule has 0 unspecified atom stereocenters. The highest BCUT2D eigenvalue weighted by atomic mass is 19.2. The van der Waals surface area contributed by atoms with Crippen LogP contribution in [0.2, 0.25) is 0 Å². The average molecular weight is 200 g/mol. The van der Waals surface area contributed by atoms with Gasteiger partial charge in [-0.3, -0.25) is 0 Å². The van der Waals surface area contributed by atoms with Crippen molar-refractivity contribution >= 4 is 11.0 Å². The molecule has 0 saturated carbocycles. The normalized spacial score (nSPS) is 11.2. The van der Waals surface area contributed by atoms with Crippen molar-refractivity contribution in [1.82, 2.24) is 9.55 Å². The van der Waals surface area contributed by atoms with E-state index >= 15 is 0 Å². The minimum atomic E-state index is -1.15. The summed E-state index contributed by atoms with van der Waals surface area (Å²) in [6.45, 7) is 1.18. The summed E-state index contributed by atoms with van der Waals surface area (Å²) in [6.07, 6.45) is 1.25. The second-order valence-corrected chi connectivity index (χ2v) is 3.12. The molecule has 2 rings (SSSR count). The van der Waals surface area contributed by atoms with Gasteiger partial charge in [-0.1, -0.05) is 0 Å². The van der Waals surface area contributed by atoms with Gasteiger partial charge in [0.25, 0.3) is 0 Å². The molecule has 0 aliphatic carbocycles. The van der Waals surface area contributed by atoms with Crippen LogP contribution in [0.5, 0.6) is 0 Å². The summed E-state index contributed by atoms with van der Waals surface area (Å²) in [5, 5.41) is 0. The van der Waals surface area contributed by atoms with Crippen molar-refractivity contribution in [1.29, 1.82) is 0 Å². The van der Waals surface area contributed by atoms with Crippen LogP contribution < -0.4 is 0 Å². The van der Waals surface area contributed by atoms with E-state index in [2.05, 4.69) is 4.98 Å². The fraction of sp³-hybridized carbons (Fsp3) is 0.222. The molecule has 0 atom stereocenters. The third-order valence-corrected chi connectivity index (χ3v) is 2.20. The molecule has 1 aromatic heterocycles. The number of fused-ring (bicyclic) bond motifs is 1. The summed E-state index contributed by atoms with van der Waals surface area (Å²) in [6, 6.07) is 0. The molecule has 2 aromatic rings. The van der Waals surface area contributed by atoms with E-state index in [0.29, 0.717) is 0 Å². The van der Waals surface area contributed by atoms with E-state index in [9.17, 15) is 13.2 Å². The SMILES string of the molecule is Cc1c(F)c(F)c2c(ncn2C)c1F. The molecular formula is C9H7F3N2. The number of hydrogen-bond acceptors (Lipinski definition) is 1. The molecule has 0 aliphatic rings. The van der Waals surface area contributed by atoms with Gasteiger partial charge < -0.3 is 4.57 Å². The molecule has 74 valence electrons. The van der Waals surface area contributed by atoms with Crippen molar-refractivity contribution in [3.63, 3.8) is 0 Å². The van der Waals surface area contributed by atoms with Crippen LogP contribution >= 0.6 is 0 Å². The van der Waals surface area contributed by atoms with Crippen LogP contribution in [-0.2, 0) is 7.05 Å². The van der Waals surface area contributed by atoms with Crippen LogP contribution in [0.25, 0.3) is 11.0 Å². The topological polar surface area (TPSA) is 17.8 Å². The maximum Gasteiger partial charge on any atom is 0.185 e. The first-order chi connectivity index (χ1) is 6.54. The largest absolute Gasteiger partial charge is 0.331 e. The Morgan fingerprint density at radius 1 is 1.14 bits per heavy atom. The highest BCUT2D eigenvalue weighted by Crippen LogP contribution is 2.25. The molecule has 1 heterocycles. The van der Waals surface area contributed by atoms with Gasteiger partial charge >= 0.3 is 0 Å². The maximum absolute atomic E-state index is 13.4. The van der Waals surface area contributed by atoms with Gasteiger partial charge in [0, 0.05) is 12.6 Å². The third-order valence-electron chi connectivity index (χ3n) is 2.20. The van der Waals surface area contributed by atoms with Gasteiger partial charge in [0.15, 0.2) is 17.5 Å². The Balaban J connectivity index is 3.05. The summed E-state index contributed by atoms with van der Waals surface area (Å²) >= 11 is 0. The number of hydrogen-bond donors (Lipinski definition) is 0. The summed E-state index contributed by atoms with van der Waals surface area (Å²) < 4.78 is 41.1. The lowest BCUT2D eigenvalue weighted by atomic mass is 10.2. The highest BCUT2D eigenvalue weighted by Gasteiger charge is 2.20. The molecule has 0 aliphatic heterocycles. The van der Waals surface area contributed by atoms with Crippen LogP contribution in [0.4, 0.5) is 13.2 Å². The van der Waals surface area contributed by atoms with Crippen LogP contribution in [-0.4, -0.2) is 9.55 Å². The summed E-state index contributed by atoms with van der Waals surface area (Å²) in [7, 11) is 1.48. The predicted molar refractivity (Wildman–Crippen MR) is 45.3 cm³/mol. The predicted octanol–water partition coefficient (Wildman–Crippen LogP) is 2.30. The molecule has 0 saturated heterocycles. The van der Waals surface area contributed by atoms with Crippen LogP contribution in [0.3, 0.4) is 0 Å². The Kier molecular flexibility index (Phi) is 1.77. The van der Waals surface area contributed by atoms with Crippen molar-refractivity contribution in [2.75, 3.05) is 0 Å². The minimum Gasteiger partial charge on any atom is -0.331 e. The van der Waals surface area contributed by atoms with Crippen molar-refractivity contribution < 1.29 is 13.2 Å². The van der Waals surface area contributed by atoms with E-state index in [1.807, 2.05) is 0 Å². The monoisotopic (exact) mass is 200 g/mol. The molecule has 0 spiro atoms. The first-order valence-electron chi connectivity index (χ1n) is 3.98. The molecule has 0 N–H and O–H groups in total. The summed E-state index contributed by atoms with van der Waals surface area (Å²) in [5.74, 6) is -3.02. The van der Waals surface area contributed by atoms with Gasteiger partial charge in [-0.15, -0.1) is 0 Å². The van der Waals surface area contributed by atoms with E-state index in [4.69, 9.17) is 0 Å². The minimum absolute atomic E-state index is 0.135. The number of nitrogens with zero attached hydrogens (tertiary/aromatic N) is 2. The summed E-state index contributed by atoms with van der Waals surface area (Å²) in [5.41, 5.74) is -0.622. The van der Waals surface area contributed by atoms with Crippen LogP contribution in [0.1, 0.15) is 5.56 Å². The van der Waals surface area contributed by atoms with Crippen LogP contribution in [0.15, 0.2) is 6.33 Å². The maximum atomic E-state index is 13.4. The lowest BCUT2D eigenvalue weighted by Gasteiger charge is -2.03. The molecule has 0 fully saturated rings. The summed E-state index contributed by atoms with van der Waals surface area (Å²) in [4.78, 5) is 3.66. The van der Waals surface area contributed by atoms with Gasteiger partial charge in [0.2, 0.25) is 0 Å². The zero-order valence-corrected chi connectivity index (χ0v) is 7.61. The van der Waals surface area contributed by atoms with Gasteiger partial charge in [-0.2, -0.15) is 0 Å². The molecule has 0 bridgehead atoms. The standard InChI is InChI=1S/C9H7F3N2/c1-4-5(10)7(12)9-8(6(4)11)13-3-14(9)2/h3H,1-2H3. The molecular weight excluding hydrogens is 193 g/mol. The number of aryl methyl sites for hydroxylation is 1. The Labute approximate surface area is 78.0 Å². The van der Waals surface area contributed by atoms with Crippen molar-refractivity contribution in [3.05, 3.63) is 29.3 Å². The van der Waals surface area contributed by atoms with Crippen molar-refractivity contribution in [3.8, 4) is 0 Å². The van der Waals surface area contributed by atoms with E-state index < -0.39 is 17.5 Å².